The molecule has 2 bridgehead atoms. The lowest BCUT2D eigenvalue weighted by atomic mass is 9.96. The van der Waals surface area contributed by atoms with Crippen molar-refractivity contribution in [3.05, 3.63) is 24.5 Å². The van der Waals surface area contributed by atoms with Gasteiger partial charge in [0.05, 0.1) is 11.9 Å². The van der Waals surface area contributed by atoms with Crippen molar-refractivity contribution in [3.8, 4) is 0 Å². The highest BCUT2D eigenvalue weighted by Crippen LogP contribution is 2.38. The first-order valence-electron chi connectivity index (χ1n) is 7.64. The van der Waals surface area contributed by atoms with Crippen molar-refractivity contribution >= 4 is 11.6 Å². The van der Waals surface area contributed by atoms with Crippen LogP contribution >= 0.6 is 0 Å². The number of pyridine rings is 1. The van der Waals surface area contributed by atoms with Crippen LogP contribution < -0.4 is 10.2 Å². The molecule has 3 rings (SSSR count). The quantitative estimate of drug-likeness (QED) is 0.919. The van der Waals surface area contributed by atoms with E-state index in [1.807, 2.05) is 32.3 Å². The van der Waals surface area contributed by atoms with Crippen molar-refractivity contribution in [1.29, 1.82) is 0 Å². The lowest BCUT2D eigenvalue weighted by Gasteiger charge is -2.40. The fraction of sp³-hybridized carbons (Fsp3) is 0.625. The normalized spacial score (nSPS) is 28.8. The highest BCUT2D eigenvalue weighted by Gasteiger charge is 2.41. The van der Waals surface area contributed by atoms with E-state index in [0.717, 1.165) is 12.8 Å². The van der Waals surface area contributed by atoms with Crippen molar-refractivity contribution in [2.45, 2.75) is 57.7 Å². The summed E-state index contributed by atoms with van der Waals surface area (Å²) in [5.74, 6) is 0.258. The minimum absolute atomic E-state index is 0.0732. The maximum atomic E-state index is 11.9. The molecule has 20 heavy (non-hydrogen) atoms. The van der Waals surface area contributed by atoms with E-state index in [1.165, 1.54) is 18.5 Å². The summed E-state index contributed by atoms with van der Waals surface area (Å²) in [7, 11) is 0. The summed E-state index contributed by atoms with van der Waals surface area (Å²) in [5.41, 5.74) is 1.23. The molecule has 2 saturated heterocycles. The van der Waals surface area contributed by atoms with Crippen LogP contribution in [-0.4, -0.2) is 29.0 Å². The second kappa shape index (κ2) is 5.43. The molecular weight excluding hydrogens is 250 g/mol. The molecule has 0 aromatic carbocycles. The SMILES string of the molecule is CC(C)C(=O)NC1CC2CCC(C1)N2c1cccnc1. The number of carbonyl (C=O) groups is 1. The summed E-state index contributed by atoms with van der Waals surface area (Å²) < 4.78 is 0. The van der Waals surface area contributed by atoms with Gasteiger partial charge in [-0.15, -0.1) is 0 Å². The molecule has 4 nitrogen and oxygen atoms in total. The van der Waals surface area contributed by atoms with E-state index in [2.05, 4.69) is 21.3 Å². The molecule has 2 atom stereocenters. The van der Waals surface area contributed by atoms with Gasteiger partial charge in [-0.25, -0.2) is 0 Å². The van der Waals surface area contributed by atoms with Gasteiger partial charge < -0.3 is 10.2 Å². The topological polar surface area (TPSA) is 45.2 Å². The Morgan fingerprint density at radius 3 is 2.60 bits per heavy atom. The molecular formula is C16H23N3O. The van der Waals surface area contributed by atoms with Gasteiger partial charge in [-0.05, 0) is 37.8 Å². The van der Waals surface area contributed by atoms with Gasteiger partial charge in [0.15, 0.2) is 0 Å². The van der Waals surface area contributed by atoms with Gasteiger partial charge in [-0.3, -0.25) is 9.78 Å². The van der Waals surface area contributed by atoms with E-state index in [9.17, 15) is 4.79 Å². The van der Waals surface area contributed by atoms with E-state index < -0.39 is 0 Å². The van der Waals surface area contributed by atoms with E-state index in [4.69, 9.17) is 0 Å². The van der Waals surface area contributed by atoms with Crippen LogP contribution in [0.2, 0.25) is 0 Å². The van der Waals surface area contributed by atoms with E-state index in [-0.39, 0.29) is 11.8 Å². The average Bonchev–Trinajstić information content (AvgIpc) is 2.71. The van der Waals surface area contributed by atoms with Crippen LogP contribution in [0.1, 0.15) is 39.5 Å². The third-order valence-electron chi connectivity index (χ3n) is 4.55. The number of piperidine rings is 1. The van der Waals surface area contributed by atoms with Crippen molar-refractivity contribution in [2.24, 2.45) is 5.92 Å². The zero-order valence-corrected chi connectivity index (χ0v) is 12.2. The van der Waals surface area contributed by atoms with Crippen LogP contribution in [0, 0.1) is 5.92 Å². The maximum Gasteiger partial charge on any atom is 0.222 e. The second-order valence-electron chi connectivity index (χ2n) is 6.34. The monoisotopic (exact) mass is 273 g/mol. The van der Waals surface area contributed by atoms with Crippen molar-refractivity contribution in [2.75, 3.05) is 4.90 Å². The molecule has 1 amide bonds. The van der Waals surface area contributed by atoms with Crippen LogP contribution in [0.25, 0.3) is 0 Å². The molecule has 1 aromatic heterocycles. The fourth-order valence-electron chi connectivity index (χ4n) is 3.59. The largest absolute Gasteiger partial charge is 0.364 e. The summed E-state index contributed by atoms with van der Waals surface area (Å²) in [4.78, 5) is 18.6. The molecule has 108 valence electrons. The Bertz CT molecular complexity index is 460. The smallest absolute Gasteiger partial charge is 0.222 e. The molecule has 2 aliphatic heterocycles. The van der Waals surface area contributed by atoms with Crippen LogP contribution in [0.5, 0.6) is 0 Å². The number of amides is 1. The molecule has 0 aliphatic carbocycles. The summed E-state index contributed by atoms with van der Waals surface area (Å²) in [5, 5.41) is 3.21. The number of hydrogen-bond donors (Lipinski definition) is 1. The molecule has 2 fully saturated rings. The zero-order chi connectivity index (χ0) is 14.1. The van der Waals surface area contributed by atoms with Crippen LogP contribution in [0.4, 0.5) is 5.69 Å². The molecule has 2 unspecified atom stereocenters. The van der Waals surface area contributed by atoms with Gasteiger partial charge in [0.2, 0.25) is 5.91 Å². The van der Waals surface area contributed by atoms with E-state index >= 15 is 0 Å². The highest BCUT2D eigenvalue weighted by atomic mass is 16.1. The minimum atomic E-state index is 0.0732. The molecule has 0 radical (unpaired) electrons. The first kappa shape index (κ1) is 13.4. The Hall–Kier alpha value is -1.58. The number of aromatic nitrogens is 1. The predicted octanol–water partition coefficient (Wildman–Crippen LogP) is 2.35. The van der Waals surface area contributed by atoms with Gasteiger partial charge in [-0.1, -0.05) is 13.8 Å². The molecule has 3 heterocycles. The first-order chi connectivity index (χ1) is 9.65. The standard InChI is InChI=1S/C16H23N3O/c1-11(2)16(20)18-12-8-13-5-6-14(9-12)19(13)15-4-3-7-17-10-15/h3-4,7,10-14H,5-6,8-9H2,1-2H3,(H,18,20). The summed E-state index contributed by atoms with van der Waals surface area (Å²) in [6, 6.07) is 5.59. The average molecular weight is 273 g/mol. The Kier molecular flexibility index (Phi) is 3.64. The van der Waals surface area contributed by atoms with Crippen LogP contribution in [-0.2, 0) is 4.79 Å². The Labute approximate surface area is 120 Å². The van der Waals surface area contributed by atoms with E-state index in [0.29, 0.717) is 18.1 Å². The lowest BCUT2D eigenvalue weighted by molar-refractivity contribution is -0.124. The van der Waals surface area contributed by atoms with Gasteiger partial charge in [0, 0.05) is 30.2 Å². The zero-order valence-electron chi connectivity index (χ0n) is 12.2. The third kappa shape index (κ3) is 2.51. The number of fused-ring (bicyclic) bond motifs is 2. The number of rotatable bonds is 3. The van der Waals surface area contributed by atoms with E-state index in [1.54, 1.807) is 0 Å². The molecule has 0 saturated carbocycles. The molecule has 0 spiro atoms. The maximum absolute atomic E-state index is 11.9. The number of nitrogens with zero attached hydrogens (tertiary/aromatic N) is 2. The van der Waals surface area contributed by atoms with Crippen LogP contribution in [0.15, 0.2) is 24.5 Å². The minimum Gasteiger partial charge on any atom is -0.364 e. The fourth-order valence-corrected chi connectivity index (χ4v) is 3.59. The van der Waals surface area contributed by atoms with Gasteiger partial charge in [-0.2, -0.15) is 0 Å². The third-order valence-corrected chi connectivity index (χ3v) is 4.55. The summed E-state index contributed by atoms with van der Waals surface area (Å²) >= 11 is 0. The number of carbonyl (C=O) groups excluding carboxylic acids is 1. The molecule has 2 aliphatic rings. The van der Waals surface area contributed by atoms with Crippen molar-refractivity contribution in [1.82, 2.24) is 10.3 Å². The highest BCUT2D eigenvalue weighted by molar-refractivity contribution is 5.78. The van der Waals surface area contributed by atoms with Gasteiger partial charge in [0.25, 0.3) is 0 Å². The Balaban J connectivity index is 1.69. The Morgan fingerprint density at radius 1 is 1.35 bits per heavy atom. The number of anilines is 1. The molecule has 4 heteroatoms. The van der Waals surface area contributed by atoms with Crippen molar-refractivity contribution in [3.63, 3.8) is 0 Å². The van der Waals surface area contributed by atoms with Gasteiger partial charge in [0.1, 0.15) is 0 Å². The predicted molar refractivity (Wildman–Crippen MR) is 79.5 cm³/mol. The van der Waals surface area contributed by atoms with Crippen molar-refractivity contribution < 1.29 is 4.79 Å². The number of hydrogen-bond acceptors (Lipinski definition) is 3. The van der Waals surface area contributed by atoms with Crippen LogP contribution in [0.3, 0.4) is 0 Å². The lowest BCUT2D eigenvalue weighted by Crippen LogP contribution is -2.51. The Morgan fingerprint density at radius 2 is 2.05 bits per heavy atom. The molecule has 1 N–H and O–H groups in total. The summed E-state index contributed by atoms with van der Waals surface area (Å²) in [6.07, 6.45) is 8.36. The summed E-state index contributed by atoms with van der Waals surface area (Å²) in [6.45, 7) is 3.91. The van der Waals surface area contributed by atoms with Gasteiger partial charge >= 0.3 is 0 Å². The first-order valence-corrected chi connectivity index (χ1v) is 7.64. The molecule has 1 aromatic rings. The second-order valence-corrected chi connectivity index (χ2v) is 6.34. The number of nitrogens with one attached hydrogen (secondary N) is 1.